The fourth-order valence-electron chi connectivity index (χ4n) is 2.73. The van der Waals surface area contributed by atoms with E-state index in [1.165, 1.54) is 31.4 Å². The molecule has 0 saturated carbocycles. The summed E-state index contributed by atoms with van der Waals surface area (Å²) in [5.41, 5.74) is 0. The van der Waals surface area contributed by atoms with Crippen LogP contribution in [0.4, 0.5) is 0 Å². The molecular weight excluding hydrogens is 166 g/mol. The number of thioether (sulfide) groups is 1. The summed E-state index contributed by atoms with van der Waals surface area (Å²) in [5.74, 6) is 1.30. The van der Waals surface area contributed by atoms with E-state index in [1.54, 1.807) is 0 Å². The van der Waals surface area contributed by atoms with Crippen LogP contribution < -0.4 is 0 Å². The van der Waals surface area contributed by atoms with E-state index in [0.717, 1.165) is 17.3 Å². The highest BCUT2D eigenvalue weighted by Gasteiger charge is 2.38. The molecule has 1 unspecified atom stereocenters. The minimum atomic E-state index is 0.924. The molecule has 70 valence electrons. The van der Waals surface area contributed by atoms with Gasteiger partial charge in [0.25, 0.3) is 0 Å². The lowest BCUT2D eigenvalue weighted by atomic mass is 10.0. The van der Waals surface area contributed by atoms with Gasteiger partial charge in [0.1, 0.15) is 0 Å². The number of fused-ring (bicyclic) bond motifs is 2. The van der Waals surface area contributed by atoms with Crippen molar-refractivity contribution >= 4 is 11.8 Å². The molecule has 2 saturated heterocycles. The molecule has 2 aliphatic rings. The van der Waals surface area contributed by atoms with E-state index in [-0.39, 0.29) is 0 Å². The van der Waals surface area contributed by atoms with Gasteiger partial charge in [0.15, 0.2) is 0 Å². The van der Waals surface area contributed by atoms with Crippen molar-refractivity contribution in [3.05, 3.63) is 0 Å². The Morgan fingerprint density at radius 3 is 2.33 bits per heavy atom. The predicted molar refractivity (Wildman–Crippen MR) is 55.7 cm³/mol. The normalized spacial score (nSPS) is 42.0. The summed E-state index contributed by atoms with van der Waals surface area (Å²) in [6, 6.07) is 1.85. The van der Waals surface area contributed by atoms with E-state index in [4.69, 9.17) is 0 Å². The number of nitrogens with zero attached hydrogens (tertiary/aromatic N) is 1. The van der Waals surface area contributed by atoms with Gasteiger partial charge in [-0.05, 0) is 38.5 Å². The SMILES string of the molecule is CCSC1C[C@H]2CC[C@@H](C1)N2C. The number of piperidine rings is 1. The predicted octanol–water partition coefficient (Wildman–Crippen LogP) is 2.36. The van der Waals surface area contributed by atoms with Gasteiger partial charge in [-0.25, -0.2) is 0 Å². The molecule has 2 rings (SSSR count). The van der Waals surface area contributed by atoms with Crippen LogP contribution in [-0.4, -0.2) is 35.0 Å². The zero-order chi connectivity index (χ0) is 8.55. The van der Waals surface area contributed by atoms with Crippen LogP contribution in [-0.2, 0) is 0 Å². The van der Waals surface area contributed by atoms with Gasteiger partial charge in [-0.15, -0.1) is 0 Å². The van der Waals surface area contributed by atoms with Gasteiger partial charge in [-0.3, -0.25) is 0 Å². The molecule has 0 N–H and O–H groups in total. The molecule has 0 aromatic carbocycles. The van der Waals surface area contributed by atoms with E-state index >= 15 is 0 Å². The first-order chi connectivity index (χ1) is 5.81. The second kappa shape index (κ2) is 3.59. The van der Waals surface area contributed by atoms with Crippen molar-refractivity contribution in [2.75, 3.05) is 12.8 Å². The summed E-state index contributed by atoms with van der Waals surface area (Å²) < 4.78 is 0. The van der Waals surface area contributed by atoms with Crippen LogP contribution >= 0.6 is 11.8 Å². The molecule has 2 bridgehead atoms. The van der Waals surface area contributed by atoms with Crippen LogP contribution in [0.2, 0.25) is 0 Å². The quantitative estimate of drug-likeness (QED) is 0.650. The Kier molecular flexibility index (Phi) is 2.66. The Bertz CT molecular complexity index is 146. The highest BCUT2D eigenvalue weighted by atomic mass is 32.2. The van der Waals surface area contributed by atoms with Gasteiger partial charge < -0.3 is 4.90 Å². The second-order valence-corrected chi connectivity index (χ2v) is 5.68. The van der Waals surface area contributed by atoms with E-state index in [2.05, 4.69) is 30.6 Å². The lowest BCUT2D eigenvalue weighted by molar-refractivity contribution is 0.183. The van der Waals surface area contributed by atoms with E-state index in [1.807, 2.05) is 0 Å². The van der Waals surface area contributed by atoms with Crippen molar-refractivity contribution in [2.45, 2.75) is 49.9 Å². The molecular formula is C10H19NS. The fourth-order valence-corrected chi connectivity index (χ4v) is 3.92. The first kappa shape index (κ1) is 8.89. The number of hydrogen-bond donors (Lipinski definition) is 0. The standard InChI is InChI=1S/C10H19NS/c1-3-12-10-6-8-4-5-9(7-10)11(8)2/h8-10H,3-7H2,1-2H3/t8-,9+,10?. The minimum Gasteiger partial charge on any atom is -0.300 e. The van der Waals surface area contributed by atoms with Gasteiger partial charge in [0.05, 0.1) is 0 Å². The maximum atomic E-state index is 2.62. The second-order valence-electron chi connectivity index (χ2n) is 4.10. The van der Waals surface area contributed by atoms with E-state index in [0.29, 0.717) is 0 Å². The average molecular weight is 185 g/mol. The van der Waals surface area contributed by atoms with E-state index in [9.17, 15) is 0 Å². The maximum absolute atomic E-state index is 2.62. The summed E-state index contributed by atoms with van der Waals surface area (Å²) in [5, 5.41) is 0.976. The van der Waals surface area contributed by atoms with Crippen LogP contribution in [0.3, 0.4) is 0 Å². The Hall–Kier alpha value is 0.310. The largest absolute Gasteiger partial charge is 0.300 e. The molecule has 0 aliphatic carbocycles. The monoisotopic (exact) mass is 185 g/mol. The van der Waals surface area contributed by atoms with Crippen LogP contribution in [0, 0.1) is 0 Å². The Morgan fingerprint density at radius 1 is 1.25 bits per heavy atom. The zero-order valence-electron chi connectivity index (χ0n) is 8.12. The zero-order valence-corrected chi connectivity index (χ0v) is 8.94. The van der Waals surface area contributed by atoms with Crippen molar-refractivity contribution < 1.29 is 0 Å². The molecule has 0 aromatic heterocycles. The number of rotatable bonds is 2. The molecule has 2 heterocycles. The lowest BCUT2D eigenvalue weighted by Gasteiger charge is -2.35. The van der Waals surface area contributed by atoms with Crippen molar-refractivity contribution in [3.8, 4) is 0 Å². The number of hydrogen-bond acceptors (Lipinski definition) is 2. The smallest absolute Gasteiger partial charge is 0.0106 e. The molecule has 0 radical (unpaired) electrons. The third kappa shape index (κ3) is 1.51. The summed E-state index contributed by atoms with van der Waals surface area (Å²) in [6.07, 6.45) is 5.82. The van der Waals surface area contributed by atoms with Crippen molar-refractivity contribution in [1.82, 2.24) is 4.90 Å². The van der Waals surface area contributed by atoms with Gasteiger partial charge in [0, 0.05) is 17.3 Å². The van der Waals surface area contributed by atoms with Crippen LogP contribution in [0.15, 0.2) is 0 Å². The molecule has 2 fully saturated rings. The highest BCUT2D eigenvalue weighted by Crippen LogP contribution is 2.38. The van der Waals surface area contributed by atoms with Crippen LogP contribution in [0.25, 0.3) is 0 Å². The molecule has 2 heteroatoms. The van der Waals surface area contributed by atoms with Crippen molar-refractivity contribution in [1.29, 1.82) is 0 Å². The maximum Gasteiger partial charge on any atom is 0.0106 e. The first-order valence-corrected chi connectivity index (χ1v) is 6.19. The Morgan fingerprint density at radius 2 is 1.83 bits per heavy atom. The summed E-state index contributed by atoms with van der Waals surface area (Å²) in [7, 11) is 2.31. The Balaban J connectivity index is 1.93. The molecule has 2 aliphatic heterocycles. The van der Waals surface area contributed by atoms with E-state index < -0.39 is 0 Å². The van der Waals surface area contributed by atoms with Crippen molar-refractivity contribution in [2.24, 2.45) is 0 Å². The van der Waals surface area contributed by atoms with Gasteiger partial charge in [-0.2, -0.15) is 11.8 Å². The molecule has 0 aromatic rings. The lowest BCUT2D eigenvalue weighted by Crippen LogP contribution is -2.40. The van der Waals surface area contributed by atoms with Crippen LogP contribution in [0.5, 0.6) is 0 Å². The summed E-state index contributed by atoms with van der Waals surface area (Å²) >= 11 is 2.18. The van der Waals surface area contributed by atoms with Gasteiger partial charge >= 0.3 is 0 Å². The van der Waals surface area contributed by atoms with Crippen LogP contribution in [0.1, 0.15) is 32.6 Å². The summed E-state index contributed by atoms with van der Waals surface area (Å²) in [6.45, 7) is 2.28. The molecule has 1 nitrogen and oxygen atoms in total. The fraction of sp³-hybridized carbons (Fsp3) is 1.00. The molecule has 12 heavy (non-hydrogen) atoms. The highest BCUT2D eigenvalue weighted by molar-refractivity contribution is 7.99. The molecule has 0 amide bonds. The van der Waals surface area contributed by atoms with Gasteiger partial charge in [0.2, 0.25) is 0 Å². The average Bonchev–Trinajstić information content (AvgIpc) is 2.33. The molecule has 3 atom stereocenters. The first-order valence-electron chi connectivity index (χ1n) is 5.14. The third-order valence-corrected chi connectivity index (χ3v) is 4.65. The third-order valence-electron chi connectivity index (χ3n) is 3.46. The van der Waals surface area contributed by atoms with Crippen molar-refractivity contribution in [3.63, 3.8) is 0 Å². The van der Waals surface area contributed by atoms with Gasteiger partial charge in [-0.1, -0.05) is 6.92 Å². The summed E-state index contributed by atoms with van der Waals surface area (Å²) in [4.78, 5) is 2.62. The molecule has 0 spiro atoms. The minimum absolute atomic E-state index is 0.924. The Labute approximate surface area is 79.9 Å². The topological polar surface area (TPSA) is 3.24 Å².